The third kappa shape index (κ3) is 2.30. The van der Waals surface area contributed by atoms with Crippen molar-refractivity contribution in [2.45, 2.75) is 0 Å². The SMILES string of the molecule is COC(=O)c1c(O)ccc(OC)c1C(=O)OC. The van der Waals surface area contributed by atoms with Crippen molar-refractivity contribution < 1.29 is 28.9 Å². The second-order valence-electron chi connectivity index (χ2n) is 3.02. The Labute approximate surface area is 97.7 Å². The summed E-state index contributed by atoms with van der Waals surface area (Å²) in [6.07, 6.45) is 0. The van der Waals surface area contributed by atoms with Gasteiger partial charge < -0.3 is 19.3 Å². The molecule has 6 nitrogen and oxygen atoms in total. The van der Waals surface area contributed by atoms with E-state index in [-0.39, 0.29) is 22.6 Å². The lowest BCUT2D eigenvalue weighted by atomic mass is 10.1. The topological polar surface area (TPSA) is 82.1 Å². The fourth-order valence-electron chi connectivity index (χ4n) is 1.36. The van der Waals surface area contributed by atoms with Gasteiger partial charge in [0.05, 0.1) is 21.3 Å². The van der Waals surface area contributed by atoms with Crippen LogP contribution in [0.2, 0.25) is 0 Å². The molecule has 1 rings (SSSR count). The van der Waals surface area contributed by atoms with E-state index < -0.39 is 11.9 Å². The normalized spacial score (nSPS) is 9.59. The molecule has 0 fully saturated rings. The van der Waals surface area contributed by atoms with Gasteiger partial charge in [-0.15, -0.1) is 0 Å². The molecule has 0 amide bonds. The summed E-state index contributed by atoms with van der Waals surface area (Å²) in [5, 5.41) is 9.59. The summed E-state index contributed by atoms with van der Waals surface area (Å²) in [5.74, 6) is -1.90. The van der Waals surface area contributed by atoms with Gasteiger partial charge in [-0.05, 0) is 12.1 Å². The van der Waals surface area contributed by atoms with E-state index in [0.29, 0.717) is 0 Å². The van der Waals surface area contributed by atoms with Crippen molar-refractivity contribution in [3.8, 4) is 11.5 Å². The molecule has 0 atom stereocenters. The molecule has 0 bridgehead atoms. The second-order valence-corrected chi connectivity index (χ2v) is 3.02. The third-order valence-electron chi connectivity index (χ3n) is 2.14. The molecule has 0 aliphatic carbocycles. The maximum atomic E-state index is 11.6. The van der Waals surface area contributed by atoms with Crippen LogP contribution in [0.5, 0.6) is 11.5 Å². The Bertz CT molecular complexity index is 452. The number of phenols is 1. The van der Waals surface area contributed by atoms with Crippen molar-refractivity contribution in [1.29, 1.82) is 0 Å². The van der Waals surface area contributed by atoms with E-state index in [2.05, 4.69) is 9.47 Å². The van der Waals surface area contributed by atoms with E-state index in [0.717, 1.165) is 14.2 Å². The van der Waals surface area contributed by atoms with Gasteiger partial charge in [0.25, 0.3) is 0 Å². The van der Waals surface area contributed by atoms with Gasteiger partial charge in [-0.25, -0.2) is 9.59 Å². The zero-order valence-electron chi connectivity index (χ0n) is 9.64. The summed E-state index contributed by atoms with van der Waals surface area (Å²) in [7, 11) is 3.63. The molecule has 0 aliphatic heterocycles. The van der Waals surface area contributed by atoms with E-state index in [9.17, 15) is 14.7 Å². The number of benzene rings is 1. The first-order valence-electron chi connectivity index (χ1n) is 4.63. The minimum atomic E-state index is -0.846. The van der Waals surface area contributed by atoms with E-state index in [1.807, 2.05) is 0 Å². The zero-order chi connectivity index (χ0) is 13.0. The molecule has 0 unspecified atom stereocenters. The molecule has 6 heteroatoms. The first-order chi connectivity index (χ1) is 8.06. The lowest BCUT2D eigenvalue weighted by molar-refractivity contribution is 0.0549. The van der Waals surface area contributed by atoms with Crippen LogP contribution >= 0.6 is 0 Å². The average molecular weight is 240 g/mol. The fraction of sp³-hybridized carbons (Fsp3) is 0.273. The average Bonchev–Trinajstić information content (AvgIpc) is 2.36. The molecule has 1 aromatic rings. The van der Waals surface area contributed by atoms with E-state index >= 15 is 0 Å². The quantitative estimate of drug-likeness (QED) is 0.793. The number of ether oxygens (including phenoxy) is 3. The Balaban J connectivity index is 3.53. The minimum Gasteiger partial charge on any atom is -0.507 e. The fourth-order valence-corrected chi connectivity index (χ4v) is 1.36. The molecule has 1 aromatic carbocycles. The first-order valence-corrected chi connectivity index (χ1v) is 4.63. The van der Waals surface area contributed by atoms with Crippen molar-refractivity contribution in [3.63, 3.8) is 0 Å². The zero-order valence-corrected chi connectivity index (χ0v) is 9.64. The summed E-state index contributed by atoms with van der Waals surface area (Å²) >= 11 is 0. The molecule has 1 N–H and O–H groups in total. The van der Waals surface area contributed by atoms with Crippen LogP contribution in [0.15, 0.2) is 12.1 Å². The number of hydrogen-bond acceptors (Lipinski definition) is 6. The number of carbonyl (C=O) groups excluding carboxylic acids is 2. The van der Waals surface area contributed by atoms with Gasteiger partial charge in [-0.2, -0.15) is 0 Å². The van der Waals surface area contributed by atoms with Crippen LogP contribution in [0.4, 0.5) is 0 Å². The van der Waals surface area contributed by atoms with Crippen molar-refractivity contribution in [2.24, 2.45) is 0 Å². The molecular weight excluding hydrogens is 228 g/mol. The molecule has 0 aliphatic rings. The number of esters is 2. The maximum Gasteiger partial charge on any atom is 0.342 e. The summed E-state index contributed by atoms with van der Waals surface area (Å²) < 4.78 is 14.0. The van der Waals surface area contributed by atoms with Crippen LogP contribution in [-0.4, -0.2) is 38.4 Å². The summed E-state index contributed by atoms with van der Waals surface area (Å²) in [4.78, 5) is 23.1. The second kappa shape index (κ2) is 5.20. The van der Waals surface area contributed by atoms with Gasteiger partial charge in [0.1, 0.15) is 22.6 Å². The predicted octanol–water partition coefficient (Wildman–Crippen LogP) is 0.974. The van der Waals surface area contributed by atoms with E-state index in [1.165, 1.54) is 19.2 Å². The lowest BCUT2D eigenvalue weighted by Crippen LogP contribution is -2.13. The molecule has 0 saturated carbocycles. The molecule has 0 saturated heterocycles. The number of carbonyl (C=O) groups is 2. The predicted molar refractivity (Wildman–Crippen MR) is 57.3 cm³/mol. The first kappa shape index (κ1) is 12.8. The van der Waals surface area contributed by atoms with E-state index in [4.69, 9.17) is 4.74 Å². The van der Waals surface area contributed by atoms with Gasteiger partial charge in [-0.3, -0.25) is 0 Å². The monoisotopic (exact) mass is 240 g/mol. The molecule has 92 valence electrons. The molecule has 0 aromatic heterocycles. The highest BCUT2D eigenvalue weighted by molar-refractivity contribution is 6.06. The van der Waals surface area contributed by atoms with Crippen LogP contribution in [0.1, 0.15) is 20.7 Å². The number of aromatic hydroxyl groups is 1. The van der Waals surface area contributed by atoms with Crippen molar-refractivity contribution in [3.05, 3.63) is 23.3 Å². The highest BCUT2D eigenvalue weighted by atomic mass is 16.5. The minimum absolute atomic E-state index is 0.120. The van der Waals surface area contributed by atoms with Gasteiger partial charge in [0.15, 0.2) is 0 Å². The smallest absolute Gasteiger partial charge is 0.342 e. The van der Waals surface area contributed by atoms with Crippen LogP contribution in [0, 0.1) is 0 Å². The number of rotatable bonds is 3. The van der Waals surface area contributed by atoms with Crippen LogP contribution < -0.4 is 4.74 Å². The van der Waals surface area contributed by atoms with Crippen LogP contribution in [0.25, 0.3) is 0 Å². The van der Waals surface area contributed by atoms with E-state index in [1.54, 1.807) is 0 Å². The largest absolute Gasteiger partial charge is 0.507 e. The van der Waals surface area contributed by atoms with Gasteiger partial charge in [-0.1, -0.05) is 0 Å². The number of phenolic OH excluding ortho intramolecular Hbond substituents is 1. The summed E-state index contributed by atoms with van der Waals surface area (Å²) in [5.41, 5.74) is -0.444. The Morgan fingerprint density at radius 1 is 1.00 bits per heavy atom. The molecule has 0 spiro atoms. The van der Waals surface area contributed by atoms with Crippen molar-refractivity contribution >= 4 is 11.9 Å². The van der Waals surface area contributed by atoms with Crippen LogP contribution in [0.3, 0.4) is 0 Å². The lowest BCUT2D eigenvalue weighted by Gasteiger charge is -2.12. The Morgan fingerprint density at radius 2 is 1.53 bits per heavy atom. The van der Waals surface area contributed by atoms with Gasteiger partial charge >= 0.3 is 11.9 Å². The van der Waals surface area contributed by atoms with Gasteiger partial charge in [0.2, 0.25) is 0 Å². The maximum absolute atomic E-state index is 11.6. The van der Waals surface area contributed by atoms with Crippen LogP contribution in [-0.2, 0) is 9.47 Å². The summed E-state index contributed by atoms with van der Waals surface area (Å²) in [6.45, 7) is 0. The molecular formula is C11H12O6. The Hall–Kier alpha value is -2.24. The van der Waals surface area contributed by atoms with Gasteiger partial charge in [0, 0.05) is 0 Å². The highest BCUT2D eigenvalue weighted by Crippen LogP contribution is 2.30. The number of methoxy groups -OCH3 is 3. The third-order valence-corrected chi connectivity index (χ3v) is 2.14. The molecule has 0 radical (unpaired) electrons. The number of hydrogen-bond donors (Lipinski definition) is 1. The highest BCUT2D eigenvalue weighted by Gasteiger charge is 2.26. The van der Waals surface area contributed by atoms with Crippen molar-refractivity contribution in [1.82, 2.24) is 0 Å². The van der Waals surface area contributed by atoms with Crippen molar-refractivity contribution in [2.75, 3.05) is 21.3 Å². The Kier molecular flexibility index (Phi) is 3.92. The Morgan fingerprint density at radius 3 is 2.00 bits per heavy atom. The summed E-state index contributed by atoms with van der Waals surface area (Å²) in [6, 6.07) is 2.59. The molecule has 17 heavy (non-hydrogen) atoms. The molecule has 0 heterocycles. The standard InChI is InChI=1S/C11H12O6/c1-15-7-5-4-6(12)8(10(13)16-2)9(7)11(14)17-3/h4-5,12H,1-3H3.